The summed E-state index contributed by atoms with van der Waals surface area (Å²) in [5.41, 5.74) is 7.16. The molecule has 4 nitrogen and oxygen atoms in total. The van der Waals surface area contributed by atoms with Gasteiger partial charge in [0.1, 0.15) is 0 Å². The second kappa shape index (κ2) is 4.84. The van der Waals surface area contributed by atoms with E-state index in [4.69, 9.17) is 17.3 Å². The van der Waals surface area contributed by atoms with Gasteiger partial charge in [0.05, 0.1) is 22.0 Å². The number of carbonyl (C=O) groups excluding carboxylic acids is 1. The van der Waals surface area contributed by atoms with Crippen molar-refractivity contribution in [1.29, 1.82) is 0 Å². The predicted molar refractivity (Wildman–Crippen MR) is 68.1 cm³/mol. The van der Waals surface area contributed by atoms with Gasteiger partial charge in [0.15, 0.2) is 0 Å². The van der Waals surface area contributed by atoms with Crippen LogP contribution >= 0.6 is 11.6 Å². The quantitative estimate of drug-likeness (QED) is 0.802. The van der Waals surface area contributed by atoms with Crippen molar-refractivity contribution in [2.24, 2.45) is 0 Å². The van der Waals surface area contributed by atoms with E-state index in [1.54, 1.807) is 30.3 Å². The summed E-state index contributed by atoms with van der Waals surface area (Å²) >= 11 is 5.87. The maximum Gasteiger partial charge on any atom is 0.257 e. The third-order valence-electron chi connectivity index (χ3n) is 2.23. The summed E-state index contributed by atoms with van der Waals surface area (Å²) < 4.78 is 0. The van der Waals surface area contributed by atoms with E-state index in [0.717, 1.165) is 0 Å². The Hall–Kier alpha value is -2.07. The third kappa shape index (κ3) is 2.54. The minimum Gasteiger partial charge on any atom is -0.397 e. The number of rotatable bonds is 2. The topological polar surface area (TPSA) is 68.0 Å². The van der Waals surface area contributed by atoms with Crippen molar-refractivity contribution in [3.8, 4) is 0 Å². The number of amides is 1. The molecule has 0 saturated heterocycles. The van der Waals surface area contributed by atoms with Crippen LogP contribution in [0.4, 0.5) is 11.4 Å². The minimum atomic E-state index is -0.310. The SMILES string of the molecule is Nc1ccccc1NC(=O)c1ccncc1Cl. The lowest BCUT2D eigenvalue weighted by molar-refractivity contribution is 0.102. The number of nitrogens with zero attached hydrogens (tertiary/aromatic N) is 1. The smallest absolute Gasteiger partial charge is 0.257 e. The molecule has 0 unspecified atom stereocenters. The summed E-state index contributed by atoms with van der Waals surface area (Å²) in [6.45, 7) is 0. The molecule has 0 fully saturated rings. The number of hydrogen-bond donors (Lipinski definition) is 2. The van der Waals surface area contributed by atoms with Gasteiger partial charge in [-0.25, -0.2) is 0 Å². The van der Waals surface area contributed by atoms with Gasteiger partial charge >= 0.3 is 0 Å². The van der Waals surface area contributed by atoms with Gasteiger partial charge in [-0.1, -0.05) is 23.7 Å². The highest BCUT2D eigenvalue weighted by molar-refractivity contribution is 6.34. The summed E-state index contributed by atoms with van der Waals surface area (Å²) in [5, 5.41) is 3.00. The van der Waals surface area contributed by atoms with Gasteiger partial charge in [-0.2, -0.15) is 0 Å². The normalized spacial score (nSPS) is 9.94. The molecule has 0 spiro atoms. The number of para-hydroxylation sites is 2. The average molecular weight is 248 g/mol. The van der Waals surface area contributed by atoms with Crippen molar-refractivity contribution in [3.63, 3.8) is 0 Å². The van der Waals surface area contributed by atoms with Crippen molar-refractivity contribution >= 4 is 28.9 Å². The number of nitrogens with two attached hydrogens (primary N) is 1. The first-order chi connectivity index (χ1) is 8.18. The molecular formula is C12H10ClN3O. The lowest BCUT2D eigenvalue weighted by atomic mass is 10.2. The Morgan fingerprint density at radius 1 is 1.29 bits per heavy atom. The average Bonchev–Trinajstić information content (AvgIpc) is 2.32. The zero-order valence-corrected chi connectivity index (χ0v) is 9.61. The summed E-state index contributed by atoms with van der Waals surface area (Å²) in [6.07, 6.45) is 2.93. The molecule has 0 aliphatic rings. The highest BCUT2D eigenvalue weighted by Crippen LogP contribution is 2.20. The number of benzene rings is 1. The van der Waals surface area contributed by atoms with Crippen LogP contribution in [0.3, 0.4) is 0 Å². The molecule has 1 amide bonds. The first-order valence-corrected chi connectivity index (χ1v) is 5.31. The molecule has 3 N–H and O–H groups in total. The van der Waals surface area contributed by atoms with E-state index in [9.17, 15) is 4.79 Å². The molecule has 1 aromatic carbocycles. The Morgan fingerprint density at radius 2 is 2.06 bits per heavy atom. The number of hydrogen-bond acceptors (Lipinski definition) is 3. The van der Waals surface area contributed by atoms with Gasteiger partial charge in [-0.15, -0.1) is 0 Å². The maximum atomic E-state index is 11.9. The van der Waals surface area contributed by atoms with Crippen LogP contribution in [0.25, 0.3) is 0 Å². The number of anilines is 2. The molecule has 86 valence electrons. The predicted octanol–water partition coefficient (Wildman–Crippen LogP) is 2.57. The third-order valence-corrected chi connectivity index (χ3v) is 2.53. The van der Waals surface area contributed by atoms with Crippen LogP contribution in [0.1, 0.15) is 10.4 Å². The highest BCUT2D eigenvalue weighted by Gasteiger charge is 2.10. The van der Waals surface area contributed by atoms with E-state index in [-0.39, 0.29) is 5.91 Å². The van der Waals surface area contributed by atoms with E-state index in [1.807, 2.05) is 0 Å². The molecule has 0 radical (unpaired) electrons. The Morgan fingerprint density at radius 3 is 2.76 bits per heavy atom. The monoisotopic (exact) mass is 247 g/mol. The fraction of sp³-hybridized carbons (Fsp3) is 0. The Bertz CT molecular complexity index is 557. The minimum absolute atomic E-state index is 0.305. The van der Waals surface area contributed by atoms with E-state index in [0.29, 0.717) is 22.0 Å². The van der Waals surface area contributed by atoms with Crippen LogP contribution in [0.5, 0.6) is 0 Å². The Balaban J connectivity index is 2.24. The van der Waals surface area contributed by atoms with Crippen molar-refractivity contribution in [2.75, 3.05) is 11.1 Å². The standard InChI is InChI=1S/C12H10ClN3O/c13-9-7-15-6-5-8(9)12(17)16-11-4-2-1-3-10(11)14/h1-7H,14H2,(H,16,17). The van der Waals surface area contributed by atoms with Crippen molar-refractivity contribution in [2.45, 2.75) is 0 Å². The van der Waals surface area contributed by atoms with E-state index in [2.05, 4.69) is 10.3 Å². The van der Waals surface area contributed by atoms with E-state index in [1.165, 1.54) is 12.4 Å². The van der Waals surface area contributed by atoms with Gasteiger partial charge < -0.3 is 11.1 Å². The van der Waals surface area contributed by atoms with Crippen LogP contribution < -0.4 is 11.1 Å². The van der Waals surface area contributed by atoms with Gasteiger partial charge in [-0.05, 0) is 18.2 Å². The van der Waals surface area contributed by atoms with Crippen molar-refractivity contribution in [1.82, 2.24) is 4.98 Å². The molecular weight excluding hydrogens is 238 g/mol. The number of nitrogens with one attached hydrogen (secondary N) is 1. The fourth-order valence-electron chi connectivity index (χ4n) is 1.36. The number of aromatic nitrogens is 1. The fourth-order valence-corrected chi connectivity index (χ4v) is 1.56. The zero-order valence-electron chi connectivity index (χ0n) is 8.85. The number of halogens is 1. The lowest BCUT2D eigenvalue weighted by Crippen LogP contribution is -2.13. The summed E-state index contributed by atoms with van der Waals surface area (Å²) in [7, 11) is 0. The zero-order chi connectivity index (χ0) is 12.3. The van der Waals surface area contributed by atoms with Crippen LogP contribution in [0.15, 0.2) is 42.7 Å². The highest BCUT2D eigenvalue weighted by atomic mass is 35.5. The van der Waals surface area contributed by atoms with E-state index >= 15 is 0 Å². The Kier molecular flexibility index (Phi) is 3.25. The van der Waals surface area contributed by atoms with Gasteiger partial charge in [0.25, 0.3) is 5.91 Å². The van der Waals surface area contributed by atoms with Crippen molar-refractivity contribution in [3.05, 3.63) is 53.3 Å². The number of carbonyl (C=O) groups is 1. The molecule has 2 aromatic rings. The maximum absolute atomic E-state index is 11.9. The molecule has 0 bridgehead atoms. The van der Waals surface area contributed by atoms with Gasteiger partial charge in [0.2, 0.25) is 0 Å². The van der Waals surface area contributed by atoms with Crippen LogP contribution in [-0.4, -0.2) is 10.9 Å². The molecule has 2 rings (SSSR count). The second-order valence-corrected chi connectivity index (χ2v) is 3.80. The summed E-state index contributed by atoms with van der Waals surface area (Å²) in [6, 6.07) is 8.58. The van der Waals surface area contributed by atoms with Gasteiger partial charge in [0, 0.05) is 12.4 Å². The van der Waals surface area contributed by atoms with Crippen LogP contribution in [0.2, 0.25) is 5.02 Å². The lowest BCUT2D eigenvalue weighted by Gasteiger charge is -2.08. The van der Waals surface area contributed by atoms with Crippen molar-refractivity contribution < 1.29 is 4.79 Å². The summed E-state index contributed by atoms with van der Waals surface area (Å²) in [4.78, 5) is 15.7. The molecule has 17 heavy (non-hydrogen) atoms. The molecule has 0 saturated carbocycles. The largest absolute Gasteiger partial charge is 0.397 e. The first-order valence-electron chi connectivity index (χ1n) is 4.94. The number of nitrogen functional groups attached to an aromatic ring is 1. The number of pyridine rings is 1. The molecule has 0 aliphatic carbocycles. The Labute approximate surface area is 103 Å². The molecule has 1 heterocycles. The van der Waals surface area contributed by atoms with Crippen LogP contribution in [-0.2, 0) is 0 Å². The molecule has 0 atom stereocenters. The molecule has 1 aromatic heterocycles. The van der Waals surface area contributed by atoms with Crippen LogP contribution in [0, 0.1) is 0 Å². The summed E-state index contributed by atoms with van der Waals surface area (Å²) in [5.74, 6) is -0.310. The second-order valence-electron chi connectivity index (χ2n) is 3.40. The first kappa shape index (κ1) is 11.4. The van der Waals surface area contributed by atoms with E-state index < -0.39 is 0 Å². The molecule has 0 aliphatic heterocycles. The van der Waals surface area contributed by atoms with Gasteiger partial charge in [-0.3, -0.25) is 9.78 Å². The molecule has 5 heteroatoms.